The Morgan fingerprint density at radius 1 is 1.21 bits per heavy atom. The lowest BCUT2D eigenvalue weighted by Gasteiger charge is -2.42. The zero-order valence-electron chi connectivity index (χ0n) is 16.7. The lowest BCUT2D eigenvalue weighted by atomic mass is 9.98. The van der Waals surface area contributed by atoms with E-state index in [2.05, 4.69) is 6.58 Å². The molecule has 0 spiro atoms. The molecule has 29 heavy (non-hydrogen) atoms. The van der Waals surface area contributed by atoms with E-state index in [1.807, 2.05) is 30.3 Å². The molecule has 0 unspecified atom stereocenters. The molecule has 160 valence electrons. The summed E-state index contributed by atoms with van der Waals surface area (Å²) in [6.07, 6.45) is -2.81. The van der Waals surface area contributed by atoms with Crippen molar-refractivity contribution in [3.05, 3.63) is 48.6 Å². The van der Waals surface area contributed by atoms with Crippen molar-refractivity contribution in [1.82, 2.24) is 0 Å². The second-order valence-electron chi connectivity index (χ2n) is 6.58. The van der Waals surface area contributed by atoms with Crippen LogP contribution in [0.3, 0.4) is 0 Å². The normalized spacial score (nSPS) is 26.5. The summed E-state index contributed by atoms with van der Waals surface area (Å²) < 4.78 is 27.1. The molecule has 8 nitrogen and oxygen atoms in total. The fourth-order valence-electron chi connectivity index (χ4n) is 2.98. The van der Waals surface area contributed by atoms with Crippen LogP contribution >= 0.6 is 0 Å². The van der Waals surface area contributed by atoms with E-state index in [0.717, 1.165) is 12.0 Å². The van der Waals surface area contributed by atoms with Gasteiger partial charge in [0.25, 0.3) is 0 Å². The first-order valence-electron chi connectivity index (χ1n) is 9.44. The van der Waals surface area contributed by atoms with Gasteiger partial charge in [0.1, 0.15) is 12.2 Å². The summed E-state index contributed by atoms with van der Waals surface area (Å²) in [6, 6.07) is 9.28. The van der Waals surface area contributed by atoms with Crippen LogP contribution in [-0.4, -0.2) is 61.5 Å². The maximum absolute atomic E-state index is 12.3. The molecule has 5 atom stereocenters. The number of hydrogen-bond donors (Lipinski definition) is 1. The zero-order valence-corrected chi connectivity index (χ0v) is 16.7. The minimum atomic E-state index is -1.29. The van der Waals surface area contributed by atoms with Crippen LogP contribution in [0.4, 0.5) is 0 Å². The van der Waals surface area contributed by atoms with Crippen LogP contribution in [0, 0.1) is 0 Å². The van der Waals surface area contributed by atoms with Crippen molar-refractivity contribution in [2.24, 2.45) is 0 Å². The first-order chi connectivity index (χ1) is 14.0. The van der Waals surface area contributed by atoms with E-state index in [9.17, 15) is 14.7 Å². The second kappa shape index (κ2) is 11.7. The summed E-state index contributed by atoms with van der Waals surface area (Å²) >= 11 is 0. The number of benzene rings is 1. The third-order valence-corrected chi connectivity index (χ3v) is 4.37. The Bertz CT molecular complexity index is 662. The first-order valence-corrected chi connectivity index (χ1v) is 9.44. The fraction of sp³-hybridized carbons (Fsp3) is 0.524. The van der Waals surface area contributed by atoms with Gasteiger partial charge in [-0.25, -0.2) is 4.79 Å². The van der Waals surface area contributed by atoms with Crippen LogP contribution in [0.25, 0.3) is 0 Å². The highest BCUT2D eigenvalue weighted by atomic mass is 16.7. The fourth-order valence-corrected chi connectivity index (χ4v) is 2.98. The van der Waals surface area contributed by atoms with Gasteiger partial charge >= 0.3 is 11.9 Å². The Kier molecular flexibility index (Phi) is 9.27. The maximum atomic E-state index is 12.3. The smallest absolute Gasteiger partial charge is 0.339 e. The number of methoxy groups -OCH3 is 1. The summed E-state index contributed by atoms with van der Waals surface area (Å²) in [5, 5.41) is 10.8. The number of rotatable bonds is 10. The molecule has 1 heterocycles. The van der Waals surface area contributed by atoms with Crippen molar-refractivity contribution in [2.45, 2.75) is 57.1 Å². The molecule has 0 aromatic heterocycles. The van der Waals surface area contributed by atoms with Gasteiger partial charge in [-0.05, 0) is 18.4 Å². The van der Waals surface area contributed by atoms with Crippen molar-refractivity contribution in [3.8, 4) is 0 Å². The highest BCUT2D eigenvalue weighted by molar-refractivity contribution is 5.76. The van der Waals surface area contributed by atoms with E-state index in [-0.39, 0.29) is 13.2 Å². The Morgan fingerprint density at radius 3 is 2.55 bits per heavy atom. The van der Waals surface area contributed by atoms with E-state index in [0.29, 0.717) is 6.42 Å². The van der Waals surface area contributed by atoms with Gasteiger partial charge in [-0.15, -0.1) is 6.58 Å². The quantitative estimate of drug-likeness (QED) is 0.355. The van der Waals surface area contributed by atoms with Gasteiger partial charge in [0.2, 0.25) is 0 Å². The molecule has 1 N–H and O–H groups in total. The van der Waals surface area contributed by atoms with Gasteiger partial charge in [0.15, 0.2) is 18.5 Å². The molecule has 0 amide bonds. The second-order valence-corrected chi connectivity index (χ2v) is 6.58. The van der Waals surface area contributed by atoms with Crippen LogP contribution in [0.15, 0.2) is 43.0 Å². The minimum absolute atomic E-state index is 0.136. The predicted molar refractivity (Wildman–Crippen MR) is 103 cm³/mol. The Balaban J connectivity index is 2.20. The van der Waals surface area contributed by atoms with Crippen LogP contribution in [0.1, 0.15) is 25.3 Å². The van der Waals surface area contributed by atoms with Crippen molar-refractivity contribution < 1.29 is 38.4 Å². The largest absolute Gasteiger partial charge is 0.467 e. The number of carbonyl (C=O) groups excluding carboxylic acids is 2. The van der Waals surface area contributed by atoms with Gasteiger partial charge in [0.05, 0.1) is 20.3 Å². The SMILES string of the molecule is C=CCCCO[C@@H]1O[C@@H](C(=O)OC)[C@@H](OC(C)=O)[C@H](OCc2ccccc2)[C@H]1O. The first kappa shape index (κ1) is 23.0. The highest BCUT2D eigenvalue weighted by Gasteiger charge is 2.51. The molecule has 1 aliphatic rings. The number of aliphatic hydroxyl groups is 1. The number of allylic oxidation sites excluding steroid dienone is 1. The van der Waals surface area contributed by atoms with E-state index in [1.165, 1.54) is 14.0 Å². The van der Waals surface area contributed by atoms with Crippen molar-refractivity contribution >= 4 is 11.9 Å². The molecule has 0 aliphatic carbocycles. The molecule has 1 aliphatic heterocycles. The van der Waals surface area contributed by atoms with Crippen molar-refractivity contribution in [1.29, 1.82) is 0 Å². The summed E-state index contributed by atoms with van der Waals surface area (Å²) in [6.45, 7) is 5.26. The molecule has 0 radical (unpaired) electrons. The number of unbranched alkanes of at least 4 members (excludes halogenated alkanes) is 1. The van der Waals surface area contributed by atoms with Crippen LogP contribution in [0.2, 0.25) is 0 Å². The third-order valence-electron chi connectivity index (χ3n) is 4.37. The van der Waals surface area contributed by atoms with E-state index >= 15 is 0 Å². The lowest BCUT2D eigenvalue weighted by molar-refractivity contribution is -0.304. The number of ether oxygens (including phenoxy) is 5. The van der Waals surface area contributed by atoms with Gasteiger partial charge in [-0.3, -0.25) is 4.79 Å². The van der Waals surface area contributed by atoms with Gasteiger partial charge in [-0.2, -0.15) is 0 Å². The maximum Gasteiger partial charge on any atom is 0.339 e. The number of esters is 2. The van der Waals surface area contributed by atoms with Crippen molar-refractivity contribution in [3.63, 3.8) is 0 Å². The Morgan fingerprint density at radius 2 is 1.93 bits per heavy atom. The molecule has 8 heteroatoms. The standard InChI is InChI=1S/C21H28O8/c1-4-5-9-12-26-21-16(23)17(27-13-15-10-7-6-8-11-15)18(28-14(2)22)19(29-21)20(24)25-3/h4,6-8,10-11,16-19,21,23H,1,5,9,12-13H2,2-3H3/t16-,17-,18+,19-,21-/m1/s1. The number of aliphatic hydroxyl groups excluding tert-OH is 1. The molecule has 2 rings (SSSR count). The molecule has 1 saturated heterocycles. The Labute approximate surface area is 170 Å². The summed E-state index contributed by atoms with van der Waals surface area (Å²) in [4.78, 5) is 23.9. The van der Waals surface area contributed by atoms with Crippen LogP contribution in [-0.2, 0) is 39.9 Å². The molecule has 1 aromatic carbocycles. The van der Waals surface area contributed by atoms with Crippen LogP contribution in [0.5, 0.6) is 0 Å². The average Bonchev–Trinajstić information content (AvgIpc) is 2.72. The molecule has 0 bridgehead atoms. The molecule has 1 aromatic rings. The third kappa shape index (κ3) is 6.64. The van der Waals surface area contributed by atoms with Crippen LogP contribution < -0.4 is 0 Å². The monoisotopic (exact) mass is 408 g/mol. The van der Waals surface area contributed by atoms with Gasteiger partial charge in [-0.1, -0.05) is 36.4 Å². The van der Waals surface area contributed by atoms with E-state index < -0.39 is 42.6 Å². The Hall–Kier alpha value is -2.26. The van der Waals surface area contributed by atoms with E-state index in [1.54, 1.807) is 6.08 Å². The lowest BCUT2D eigenvalue weighted by Crippen LogP contribution is -2.62. The predicted octanol–water partition coefficient (Wildman–Crippen LogP) is 1.75. The number of carbonyl (C=O) groups is 2. The van der Waals surface area contributed by atoms with Gasteiger partial charge in [0, 0.05) is 6.92 Å². The minimum Gasteiger partial charge on any atom is -0.467 e. The molecule has 0 saturated carbocycles. The molecular weight excluding hydrogens is 380 g/mol. The summed E-state index contributed by atoms with van der Waals surface area (Å²) in [5.41, 5.74) is 0.853. The van der Waals surface area contributed by atoms with Gasteiger partial charge < -0.3 is 28.8 Å². The summed E-state index contributed by atoms with van der Waals surface area (Å²) in [7, 11) is 1.20. The number of hydrogen-bond acceptors (Lipinski definition) is 8. The average molecular weight is 408 g/mol. The van der Waals surface area contributed by atoms with Crippen molar-refractivity contribution in [2.75, 3.05) is 13.7 Å². The summed E-state index contributed by atoms with van der Waals surface area (Å²) in [5.74, 6) is -1.39. The molecular formula is C21H28O8. The highest BCUT2D eigenvalue weighted by Crippen LogP contribution is 2.28. The topological polar surface area (TPSA) is 101 Å². The zero-order chi connectivity index (χ0) is 21.2. The molecule has 1 fully saturated rings. The van der Waals surface area contributed by atoms with E-state index in [4.69, 9.17) is 23.7 Å².